The second-order valence-electron chi connectivity index (χ2n) is 4.64. The van der Waals surface area contributed by atoms with Gasteiger partial charge in [0.05, 0.1) is 23.1 Å². The van der Waals surface area contributed by atoms with Crippen molar-refractivity contribution in [1.82, 2.24) is 15.3 Å². The minimum absolute atomic E-state index is 0.430. The summed E-state index contributed by atoms with van der Waals surface area (Å²) in [5.74, 6) is 0. The monoisotopic (exact) mass is 375 g/mol. The van der Waals surface area contributed by atoms with Gasteiger partial charge in [0.15, 0.2) is 6.29 Å². The number of carbonyl (C=O) groups is 1. The molecule has 3 rings (SSSR count). The van der Waals surface area contributed by atoms with Crippen molar-refractivity contribution in [2.45, 2.75) is 6.92 Å². The molecule has 0 saturated carbocycles. The number of aromatic amines is 1. The molecule has 0 bridgehead atoms. The van der Waals surface area contributed by atoms with Crippen molar-refractivity contribution in [1.29, 1.82) is 0 Å². The number of aromatic nitrogens is 2. The van der Waals surface area contributed by atoms with E-state index in [0.717, 1.165) is 29.4 Å². The molecule has 0 unspecified atom stereocenters. The van der Waals surface area contributed by atoms with Gasteiger partial charge in [0.25, 0.3) is 0 Å². The van der Waals surface area contributed by atoms with Gasteiger partial charge >= 0.3 is 0 Å². The minimum Gasteiger partial charge on any atom is -0.351 e. The molecule has 0 aliphatic rings. The number of nitrogens with zero attached hydrogens (tertiary/aromatic N) is 2. The van der Waals surface area contributed by atoms with Gasteiger partial charge in [-0.1, -0.05) is 36.7 Å². The Balaban J connectivity index is 0.000000388. The van der Waals surface area contributed by atoms with Crippen molar-refractivity contribution in [3.63, 3.8) is 0 Å². The predicted octanol–water partition coefficient (Wildman–Crippen LogP) is 3.85. The summed E-state index contributed by atoms with van der Waals surface area (Å²) < 4.78 is 0. The van der Waals surface area contributed by atoms with Gasteiger partial charge in [0.1, 0.15) is 5.15 Å². The number of para-hydroxylation sites is 1. The molecule has 0 spiro atoms. The number of H-pyrrole nitrogens is 1. The van der Waals surface area contributed by atoms with Crippen LogP contribution >= 0.6 is 11.6 Å². The summed E-state index contributed by atoms with van der Waals surface area (Å²) in [7, 11) is 3.43. The number of halogens is 1. The molecule has 0 amide bonds. The maximum atomic E-state index is 10.4. The van der Waals surface area contributed by atoms with Crippen LogP contribution < -0.4 is 11.1 Å². The standard InChI is InChI=1S/C8H5ClN2O.C7H7N.C3H9N.CH5N/c9-8-2-5-1-6(4-12)11-7(5)3-10-8;1-8-7-5-3-2-4-6-7;1-3-4-2;1-2/h1-4,11H;2-6H,1H2;4H,3H2,1-2H3;2H2,1H3. The van der Waals surface area contributed by atoms with Gasteiger partial charge in [0, 0.05) is 5.39 Å². The molecule has 4 N–H and O–H groups in total. The van der Waals surface area contributed by atoms with E-state index in [0.29, 0.717) is 10.8 Å². The highest BCUT2D eigenvalue weighted by Crippen LogP contribution is 2.16. The second kappa shape index (κ2) is 14.8. The molecule has 0 fully saturated rings. The largest absolute Gasteiger partial charge is 0.351 e. The van der Waals surface area contributed by atoms with Crippen LogP contribution in [-0.4, -0.2) is 43.6 Å². The predicted molar refractivity (Wildman–Crippen MR) is 112 cm³/mol. The van der Waals surface area contributed by atoms with Gasteiger partial charge < -0.3 is 16.0 Å². The van der Waals surface area contributed by atoms with Gasteiger partial charge in [-0.2, -0.15) is 0 Å². The molecule has 1 aromatic carbocycles. The molecule has 6 nitrogen and oxygen atoms in total. The lowest BCUT2D eigenvalue weighted by Crippen LogP contribution is -2.01. The van der Waals surface area contributed by atoms with Crippen LogP contribution in [-0.2, 0) is 0 Å². The summed E-state index contributed by atoms with van der Waals surface area (Å²) in [5, 5.41) is 4.26. The lowest BCUT2D eigenvalue weighted by molar-refractivity contribution is 0.112. The van der Waals surface area contributed by atoms with E-state index in [1.165, 1.54) is 7.05 Å². The van der Waals surface area contributed by atoms with Crippen LogP contribution in [0.3, 0.4) is 0 Å². The Bertz CT molecular complexity index is 757. The van der Waals surface area contributed by atoms with E-state index < -0.39 is 0 Å². The van der Waals surface area contributed by atoms with Crippen LogP contribution in [0.5, 0.6) is 0 Å². The van der Waals surface area contributed by atoms with E-state index in [1.54, 1.807) is 18.3 Å². The molecule has 140 valence electrons. The number of rotatable bonds is 3. The topological polar surface area (TPSA) is 96.2 Å². The number of aliphatic imine (C=N–C) groups is 1. The van der Waals surface area contributed by atoms with Crippen molar-refractivity contribution in [3.05, 3.63) is 59.5 Å². The number of hydrogen-bond acceptors (Lipinski definition) is 5. The Kier molecular flexibility index (Phi) is 13.3. The second-order valence-corrected chi connectivity index (χ2v) is 5.02. The molecule has 26 heavy (non-hydrogen) atoms. The third-order valence-corrected chi connectivity index (χ3v) is 3.12. The van der Waals surface area contributed by atoms with Crippen molar-refractivity contribution >= 4 is 41.2 Å². The number of aldehydes is 1. The molecule has 2 heterocycles. The van der Waals surface area contributed by atoms with Crippen LogP contribution in [0.25, 0.3) is 10.9 Å². The molecular formula is C19H26ClN5O. The molecule has 0 aliphatic heterocycles. The number of carbonyl (C=O) groups excluding carboxylic acids is 1. The first-order chi connectivity index (χ1) is 12.6. The lowest BCUT2D eigenvalue weighted by Gasteiger charge is -1.87. The highest BCUT2D eigenvalue weighted by atomic mass is 35.5. The van der Waals surface area contributed by atoms with E-state index in [1.807, 2.05) is 37.4 Å². The lowest BCUT2D eigenvalue weighted by atomic mass is 10.3. The first-order valence-corrected chi connectivity index (χ1v) is 8.36. The van der Waals surface area contributed by atoms with Crippen LogP contribution in [0, 0.1) is 0 Å². The fourth-order valence-corrected chi connectivity index (χ4v) is 1.79. The van der Waals surface area contributed by atoms with E-state index in [4.69, 9.17) is 11.6 Å². The van der Waals surface area contributed by atoms with Crippen LogP contribution in [0.1, 0.15) is 17.4 Å². The minimum atomic E-state index is 0.430. The highest BCUT2D eigenvalue weighted by molar-refractivity contribution is 6.30. The summed E-state index contributed by atoms with van der Waals surface area (Å²) in [5.41, 5.74) is 6.78. The molecule has 0 atom stereocenters. The smallest absolute Gasteiger partial charge is 0.166 e. The number of benzene rings is 1. The molecule has 7 heteroatoms. The van der Waals surface area contributed by atoms with Crippen molar-refractivity contribution in [2.75, 3.05) is 20.6 Å². The third kappa shape index (κ3) is 9.08. The van der Waals surface area contributed by atoms with Crippen molar-refractivity contribution in [3.8, 4) is 0 Å². The summed E-state index contributed by atoms with van der Waals surface area (Å²) in [6, 6.07) is 13.1. The Morgan fingerprint density at radius 1 is 1.31 bits per heavy atom. The van der Waals surface area contributed by atoms with E-state index in [-0.39, 0.29) is 0 Å². The average molecular weight is 376 g/mol. The number of nitrogens with two attached hydrogens (primary N) is 1. The fraction of sp³-hybridized carbons (Fsp3) is 0.211. The van der Waals surface area contributed by atoms with Gasteiger partial charge in [-0.3, -0.25) is 9.79 Å². The summed E-state index contributed by atoms with van der Waals surface area (Å²) in [4.78, 5) is 20.9. The summed E-state index contributed by atoms with van der Waals surface area (Å²) in [6.07, 6.45) is 2.36. The Morgan fingerprint density at radius 3 is 2.38 bits per heavy atom. The van der Waals surface area contributed by atoms with E-state index >= 15 is 0 Å². The number of hydrogen-bond donors (Lipinski definition) is 3. The Morgan fingerprint density at radius 2 is 1.92 bits per heavy atom. The first-order valence-electron chi connectivity index (χ1n) is 7.98. The van der Waals surface area contributed by atoms with Gasteiger partial charge in [0.2, 0.25) is 0 Å². The summed E-state index contributed by atoms with van der Waals surface area (Å²) >= 11 is 5.66. The van der Waals surface area contributed by atoms with Gasteiger partial charge in [-0.25, -0.2) is 4.98 Å². The summed E-state index contributed by atoms with van der Waals surface area (Å²) in [6.45, 7) is 6.52. The molecular weight excluding hydrogens is 350 g/mol. The molecule has 0 aliphatic carbocycles. The fourth-order valence-electron chi connectivity index (χ4n) is 1.62. The average Bonchev–Trinajstić information content (AvgIpc) is 3.13. The first kappa shape index (κ1) is 23.5. The maximum absolute atomic E-state index is 10.4. The zero-order valence-corrected chi connectivity index (χ0v) is 16.1. The van der Waals surface area contributed by atoms with E-state index in [9.17, 15) is 4.79 Å². The van der Waals surface area contributed by atoms with E-state index in [2.05, 4.69) is 39.7 Å². The van der Waals surface area contributed by atoms with Crippen LogP contribution in [0.15, 0.2) is 53.7 Å². The third-order valence-electron chi connectivity index (χ3n) is 2.91. The zero-order chi connectivity index (χ0) is 19.8. The number of fused-ring (bicyclic) bond motifs is 1. The zero-order valence-electron chi connectivity index (χ0n) is 15.4. The highest BCUT2D eigenvalue weighted by Gasteiger charge is 1.99. The normalized spacial score (nSPS) is 8.81. The van der Waals surface area contributed by atoms with Crippen molar-refractivity contribution < 1.29 is 4.79 Å². The van der Waals surface area contributed by atoms with Crippen LogP contribution in [0.4, 0.5) is 5.69 Å². The SMILES string of the molecule is C=Nc1ccccc1.CCNC.CN.O=Cc1cc2cc(Cl)ncc2[nH]1. The molecule has 0 saturated heterocycles. The Labute approximate surface area is 159 Å². The van der Waals surface area contributed by atoms with Gasteiger partial charge in [-0.05, 0) is 51.6 Å². The Hall–Kier alpha value is -2.54. The molecule has 2 aromatic heterocycles. The van der Waals surface area contributed by atoms with Crippen molar-refractivity contribution in [2.24, 2.45) is 10.7 Å². The maximum Gasteiger partial charge on any atom is 0.166 e. The quantitative estimate of drug-likeness (QED) is 0.368. The van der Waals surface area contributed by atoms with Crippen LogP contribution in [0.2, 0.25) is 5.15 Å². The van der Waals surface area contributed by atoms with Gasteiger partial charge in [-0.15, -0.1) is 0 Å². The molecule has 0 radical (unpaired) electrons. The number of nitrogens with one attached hydrogen (secondary N) is 2. The number of pyridine rings is 1. The molecule has 3 aromatic rings.